The summed E-state index contributed by atoms with van der Waals surface area (Å²) in [5, 5.41) is 3.00. The van der Waals surface area contributed by atoms with E-state index >= 15 is 0 Å². The number of benzene rings is 1. The van der Waals surface area contributed by atoms with Crippen LogP contribution in [0.4, 0.5) is 0 Å². The lowest BCUT2D eigenvalue weighted by atomic mass is 9.81. The van der Waals surface area contributed by atoms with Crippen molar-refractivity contribution in [1.82, 2.24) is 5.32 Å². The zero-order valence-corrected chi connectivity index (χ0v) is 15.3. The molecule has 1 aromatic rings. The van der Waals surface area contributed by atoms with E-state index in [-0.39, 0.29) is 18.3 Å². The van der Waals surface area contributed by atoms with E-state index in [4.69, 9.17) is 15.2 Å². The van der Waals surface area contributed by atoms with Crippen molar-refractivity contribution in [3.05, 3.63) is 23.8 Å². The molecular formula is C17H29ClN2O3. The van der Waals surface area contributed by atoms with Gasteiger partial charge in [-0.3, -0.25) is 4.79 Å². The Labute approximate surface area is 145 Å². The van der Waals surface area contributed by atoms with Gasteiger partial charge in [-0.05, 0) is 30.9 Å². The number of hydrogen-bond donors (Lipinski definition) is 2. The summed E-state index contributed by atoms with van der Waals surface area (Å²) in [7, 11) is 3.25. The molecule has 0 heterocycles. The summed E-state index contributed by atoms with van der Waals surface area (Å²) in [6.45, 7) is 4.94. The smallest absolute Gasteiger partial charge is 0.227 e. The van der Waals surface area contributed by atoms with Gasteiger partial charge in [0, 0.05) is 19.2 Å². The molecule has 0 aromatic heterocycles. The molecule has 1 aromatic carbocycles. The van der Waals surface area contributed by atoms with Gasteiger partial charge in [0.15, 0.2) is 0 Å². The van der Waals surface area contributed by atoms with Gasteiger partial charge in [-0.25, -0.2) is 0 Å². The Hall–Kier alpha value is -1.46. The second-order valence-corrected chi connectivity index (χ2v) is 5.38. The molecule has 132 valence electrons. The number of nitrogens with one attached hydrogen (secondary N) is 1. The molecule has 0 aliphatic rings. The number of rotatable bonds is 9. The van der Waals surface area contributed by atoms with E-state index in [0.29, 0.717) is 19.5 Å². The van der Waals surface area contributed by atoms with Gasteiger partial charge < -0.3 is 20.5 Å². The number of ether oxygens (including phenoxy) is 2. The standard InChI is InChI=1S/C17H28N2O3.ClH/c1-5-17(6-2,12-18)16(20)19-10-9-13-7-8-14(21-3)11-15(13)22-4;/h7-8,11H,5-6,9-10,12,18H2,1-4H3,(H,19,20);1H. The van der Waals surface area contributed by atoms with Crippen molar-refractivity contribution in [3.8, 4) is 11.5 Å². The van der Waals surface area contributed by atoms with Crippen LogP contribution < -0.4 is 20.5 Å². The van der Waals surface area contributed by atoms with Crippen LogP contribution in [0, 0.1) is 5.41 Å². The largest absolute Gasteiger partial charge is 0.497 e. The van der Waals surface area contributed by atoms with Crippen molar-refractivity contribution in [2.75, 3.05) is 27.3 Å². The number of carbonyl (C=O) groups is 1. The predicted molar refractivity (Wildman–Crippen MR) is 95.6 cm³/mol. The van der Waals surface area contributed by atoms with Gasteiger partial charge in [-0.2, -0.15) is 0 Å². The van der Waals surface area contributed by atoms with Gasteiger partial charge in [-0.15, -0.1) is 12.4 Å². The highest BCUT2D eigenvalue weighted by Gasteiger charge is 2.32. The summed E-state index contributed by atoms with van der Waals surface area (Å²) in [4.78, 5) is 12.4. The van der Waals surface area contributed by atoms with E-state index in [1.165, 1.54) is 0 Å². The first-order chi connectivity index (χ1) is 10.6. The molecule has 23 heavy (non-hydrogen) atoms. The number of carbonyl (C=O) groups excluding carboxylic acids is 1. The lowest BCUT2D eigenvalue weighted by Gasteiger charge is -2.28. The number of hydrogen-bond acceptors (Lipinski definition) is 4. The van der Waals surface area contributed by atoms with E-state index in [2.05, 4.69) is 5.32 Å². The molecule has 0 unspecified atom stereocenters. The Morgan fingerprint density at radius 1 is 1.22 bits per heavy atom. The van der Waals surface area contributed by atoms with Crippen LogP contribution in [0.2, 0.25) is 0 Å². The molecule has 3 N–H and O–H groups in total. The molecule has 0 spiro atoms. The third kappa shape index (κ3) is 5.29. The number of methoxy groups -OCH3 is 2. The first kappa shape index (κ1) is 21.5. The molecule has 0 radical (unpaired) electrons. The van der Waals surface area contributed by atoms with E-state index in [0.717, 1.165) is 29.9 Å². The monoisotopic (exact) mass is 344 g/mol. The van der Waals surface area contributed by atoms with Crippen molar-refractivity contribution in [1.29, 1.82) is 0 Å². The van der Waals surface area contributed by atoms with Gasteiger partial charge in [-0.1, -0.05) is 19.9 Å². The molecule has 0 aliphatic heterocycles. The molecule has 0 fully saturated rings. The average Bonchev–Trinajstić information content (AvgIpc) is 2.57. The van der Waals surface area contributed by atoms with Crippen molar-refractivity contribution >= 4 is 18.3 Å². The highest BCUT2D eigenvalue weighted by atomic mass is 35.5. The lowest BCUT2D eigenvalue weighted by molar-refractivity contribution is -0.131. The van der Waals surface area contributed by atoms with E-state index in [9.17, 15) is 4.79 Å². The minimum atomic E-state index is -0.454. The molecule has 0 atom stereocenters. The second-order valence-electron chi connectivity index (χ2n) is 5.38. The van der Waals surface area contributed by atoms with Crippen molar-refractivity contribution in [2.45, 2.75) is 33.1 Å². The first-order valence-electron chi connectivity index (χ1n) is 7.76. The third-order valence-corrected chi connectivity index (χ3v) is 4.40. The minimum Gasteiger partial charge on any atom is -0.497 e. The van der Waals surface area contributed by atoms with Crippen LogP contribution >= 0.6 is 12.4 Å². The number of amides is 1. The molecule has 0 saturated heterocycles. The number of nitrogens with two attached hydrogens (primary N) is 1. The maximum absolute atomic E-state index is 12.4. The molecule has 5 nitrogen and oxygen atoms in total. The van der Waals surface area contributed by atoms with Crippen molar-refractivity contribution < 1.29 is 14.3 Å². The summed E-state index contributed by atoms with van der Waals surface area (Å²) < 4.78 is 10.5. The maximum Gasteiger partial charge on any atom is 0.227 e. The summed E-state index contributed by atoms with van der Waals surface area (Å²) in [6, 6.07) is 5.70. The summed E-state index contributed by atoms with van der Waals surface area (Å²) in [5.74, 6) is 1.56. The van der Waals surface area contributed by atoms with Gasteiger partial charge >= 0.3 is 0 Å². The van der Waals surface area contributed by atoms with Crippen molar-refractivity contribution in [3.63, 3.8) is 0 Å². The van der Waals surface area contributed by atoms with Crippen LogP contribution in [0.5, 0.6) is 11.5 Å². The van der Waals surface area contributed by atoms with Gasteiger partial charge in [0.05, 0.1) is 19.6 Å². The van der Waals surface area contributed by atoms with Crippen LogP contribution in [0.1, 0.15) is 32.3 Å². The fourth-order valence-electron chi connectivity index (χ4n) is 2.51. The highest BCUT2D eigenvalue weighted by Crippen LogP contribution is 2.26. The first-order valence-corrected chi connectivity index (χ1v) is 7.76. The average molecular weight is 345 g/mol. The van der Waals surface area contributed by atoms with Crippen molar-refractivity contribution in [2.24, 2.45) is 11.1 Å². The Morgan fingerprint density at radius 3 is 2.35 bits per heavy atom. The molecule has 6 heteroatoms. The molecular weight excluding hydrogens is 316 g/mol. The van der Waals surface area contributed by atoms with Gasteiger partial charge in [0.2, 0.25) is 5.91 Å². The topological polar surface area (TPSA) is 73.6 Å². The Morgan fingerprint density at radius 2 is 1.87 bits per heavy atom. The summed E-state index contributed by atoms with van der Waals surface area (Å²) in [5.41, 5.74) is 6.38. The SMILES string of the molecule is CCC(CC)(CN)C(=O)NCCc1ccc(OC)cc1OC.Cl. The molecule has 0 aliphatic carbocycles. The van der Waals surface area contributed by atoms with E-state index in [1.807, 2.05) is 32.0 Å². The normalized spacial score (nSPS) is 10.7. The minimum absolute atomic E-state index is 0. The number of halogens is 1. The molecule has 0 bridgehead atoms. The third-order valence-electron chi connectivity index (χ3n) is 4.40. The summed E-state index contributed by atoms with van der Waals surface area (Å²) in [6.07, 6.45) is 2.20. The molecule has 1 amide bonds. The Balaban J connectivity index is 0.00000484. The quantitative estimate of drug-likeness (QED) is 0.722. The molecule has 1 rings (SSSR count). The predicted octanol–water partition coefficient (Wildman–Crippen LogP) is 2.55. The fourth-order valence-corrected chi connectivity index (χ4v) is 2.51. The highest BCUT2D eigenvalue weighted by molar-refractivity contribution is 5.85. The van der Waals surface area contributed by atoms with Crippen LogP contribution in [-0.4, -0.2) is 33.2 Å². The van der Waals surface area contributed by atoms with Crippen LogP contribution in [-0.2, 0) is 11.2 Å². The van der Waals surface area contributed by atoms with Crippen LogP contribution in [0.3, 0.4) is 0 Å². The van der Waals surface area contributed by atoms with Crippen LogP contribution in [0.25, 0.3) is 0 Å². The Bertz CT molecular complexity index is 482. The van der Waals surface area contributed by atoms with Gasteiger partial charge in [0.25, 0.3) is 0 Å². The second kappa shape index (κ2) is 10.3. The zero-order valence-electron chi connectivity index (χ0n) is 14.5. The van der Waals surface area contributed by atoms with Crippen LogP contribution in [0.15, 0.2) is 18.2 Å². The van der Waals surface area contributed by atoms with E-state index < -0.39 is 5.41 Å². The zero-order chi connectivity index (χ0) is 16.6. The van der Waals surface area contributed by atoms with E-state index in [1.54, 1.807) is 14.2 Å². The maximum atomic E-state index is 12.4. The summed E-state index contributed by atoms with van der Waals surface area (Å²) >= 11 is 0. The molecule has 0 saturated carbocycles. The van der Waals surface area contributed by atoms with Gasteiger partial charge in [0.1, 0.15) is 11.5 Å². The Kier molecular flexibility index (Phi) is 9.68. The fraction of sp³-hybridized carbons (Fsp3) is 0.588. The lowest BCUT2D eigenvalue weighted by Crippen LogP contribution is -2.45.